The molecule has 0 aromatic heterocycles. The number of benzene rings is 2. The summed E-state index contributed by atoms with van der Waals surface area (Å²) >= 11 is 0. The zero-order chi connectivity index (χ0) is 18.8. The Hall–Kier alpha value is -2.68. The SMILES string of the molecule is COC(=O)C(C)c1cccc(NS(=O)(=O)c2cc(F)cc(F)c2O)c1. The number of phenols is 1. The van der Waals surface area contributed by atoms with Crippen LogP contribution in [0.15, 0.2) is 41.3 Å². The Labute approximate surface area is 143 Å². The number of sulfonamides is 1. The van der Waals surface area contributed by atoms with E-state index in [2.05, 4.69) is 9.46 Å². The van der Waals surface area contributed by atoms with Crippen molar-refractivity contribution >= 4 is 21.7 Å². The molecule has 0 fully saturated rings. The van der Waals surface area contributed by atoms with Crippen LogP contribution in [-0.2, 0) is 19.6 Å². The van der Waals surface area contributed by atoms with E-state index in [1.807, 2.05) is 0 Å². The molecule has 0 saturated carbocycles. The lowest BCUT2D eigenvalue weighted by molar-refractivity contribution is -0.141. The van der Waals surface area contributed by atoms with Crippen LogP contribution in [0.1, 0.15) is 18.4 Å². The number of carbonyl (C=O) groups excluding carboxylic acids is 1. The summed E-state index contributed by atoms with van der Waals surface area (Å²) in [7, 11) is -3.22. The minimum absolute atomic E-state index is 0.0531. The zero-order valence-electron chi connectivity index (χ0n) is 13.3. The Balaban J connectivity index is 2.38. The lowest BCUT2D eigenvalue weighted by Crippen LogP contribution is -2.15. The summed E-state index contributed by atoms with van der Waals surface area (Å²) < 4.78 is 58.0. The van der Waals surface area contributed by atoms with E-state index in [0.717, 1.165) is 0 Å². The minimum Gasteiger partial charge on any atom is -0.504 e. The summed E-state index contributed by atoms with van der Waals surface area (Å²) in [5.74, 6) is -4.88. The first-order valence-electron chi connectivity index (χ1n) is 7.04. The maximum Gasteiger partial charge on any atom is 0.312 e. The molecular formula is C16H15F2NO5S. The van der Waals surface area contributed by atoms with Gasteiger partial charge in [0.2, 0.25) is 0 Å². The quantitative estimate of drug-likeness (QED) is 0.789. The van der Waals surface area contributed by atoms with Crippen LogP contribution in [0.3, 0.4) is 0 Å². The first kappa shape index (κ1) is 18.7. The molecule has 0 bridgehead atoms. The molecular weight excluding hydrogens is 356 g/mol. The van der Waals surface area contributed by atoms with Gasteiger partial charge in [-0.15, -0.1) is 0 Å². The third-order valence-electron chi connectivity index (χ3n) is 3.48. The Morgan fingerprint density at radius 3 is 2.56 bits per heavy atom. The van der Waals surface area contributed by atoms with Gasteiger partial charge in [0.1, 0.15) is 10.7 Å². The van der Waals surface area contributed by atoms with Gasteiger partial charge >= 0.3 is 5.97 Å². The summed E-state index contributed by atoms with van der Waals surface area (Å²) in [6, 6.07) is 6.73. The normalized spacial score (nSPS) is 12.5. The molecule has 2 aromatic rings. The molecule has 0 aliphatic heterocycles. The fourth-order valence-electron chi connectivity index (χ4n) is 2.14. The van der Waals surface area contributed by atoms with Crippen LogP contribution >= 0.6 is 0 Å². The van der Waals surface area contributed by atoms with Gasteiger partial charge in [-0.1, -0.05) is 12.1 Å². The van der Waals surface area contributed by atoms with Gasteiger partial charge in [0, 0.05) is 11.8 Å². The molecule has 0 saturated heterocycles. The van der Waals surface area contributed by atoms with Crippen molar-refractivity contribution in [3.8, 4) is 5.75 Å². The van der Waals surface area contributed by atoms with Gasteiger partial charge in [-0.25, -0.2) is 17.2 Å². The summed E-state index contributed by atoms with van der Waals surface area (Å²) in [4.78, 5) is 10.6. The highest BCUT2D eigenvalue weighted by atomic mass is 32.2. The molecule has 2 N–H and O–H groups in total. The van der Waals surface area contributed by atoms with Crippen molar-refractivity contribution in [2.24, 2.45) is 0 Å². The molecule has 2 rings (SSSR count). The Morgan fingerprint density at radius 2 is 1.92 bits per heavy atom. The number of carbonyl (C=O) groups is 1. The lowest BCUT2D eigenvalue weighted by atomic mass is 10.0. The third-order valence-corrected chi connectivity index (χ3v) is 4.87. The lowest BCUT2D eigenvalue weighted by Gasteiger charge is -2.13. The van der Waals surface area contributed by atoms with E-state index < -0.39 is 44.2 Å². The van der Waals surface area contributed by atoms with Gasteiger partial charge in [0.15, 0.2) is 11.6 Å². The van der Waals surface area contributed by atoms with Gasteiger partial charge in [-0.05, 0) is 30.7 Å². The van der Waals surface area contributed by atoms with E-state index in [4.69, 9.17) is 0 Å². The number of rotatable bonds is 5. The highest BCUT2D eigenvalue weighted by Crippen LogP contribution is 2.29. The largest absolute Gasteiger partial charge is 0.504 e. The van der Waals surface area contributed by atoms with Crippen LogP contribution in [0, 0.1) is 11.6 Å². The second-order valence-corrected chi connectivity index (χ2v) is 6.86. The van der Waals surface area contributed by atoms with Crippen LogP contribution < -0.4 is 4.72 Å². The molecule has 0 aliphatic rings. The van der Waals surface area contributed by atoms with Crippen molar-refractivity contribution in [3.63, 3.8) is 0 Å². The summed E-state index contributed by atoms with van der Waals surface area (Å²) in [6.07, 6.45) is 0. The Bertz CT molecular complexity index is 915. The minimum atomic E-state index is -4.45. The molecule has 0 spiro atoms. The van der Waals surface area contributed by atoms with E-state index in [-0.39, 0.29) is 5.69 Å². The highest BCUT2D eigenvalue weighted by molar-refractivity contribution is 7.92. The Morgan fingerprint density at radius 1 is 1.24 bits per heavy atom. The second-order valence-electron chi connectivity index (χ2n) is 5.21. The molecule has 0 heterocycles. The molecule has 2 aromatic carbocycles. The zero-order valence-corrected chi connectivity index (χ0v) is 14.1. The van der Waals surface area contributed by atoms with Crippen LogP contribution in [0.4, 0.5) is 14.5 Å². The third kappa shape index (κ3) is 4.05. The predicted octanol–water partition coefficient (Wildman–Crippen LogP) is 2.75. The molecule has 6 nitrogen and oxygen atoms in total. The van der Waals surface area contributed by atoms with E-state index in [1.54, 1.807) is 13.0 Å². The number of anilines is 1. The van der Waals surface area contributed by atoms with E-state index in [0.29, 0.717) is 17.7 Å². The van der Waals surface area contributed by atoms with Gasteiger partial charge in [-0.2, -0.15) is 0 Å². The number of ether oxygens (including phenoxy) is 1. The van der Waals surface area contributed by atoms with Crippen LogP contribution in [0.25, 0.3) is 0 Å². The van der Waals surface area contributed by atoms with Crippen molar-refractivity contribution in [1.82, 2.24) is 0 Å². The monoisotopic (exact) mass is 371 g/mol. The molecule has 25 heavy (non-hydrogen) atoms. The Kier molecular flexibility index (Phi) is 5.27. The van der Waals surface area contributed by atoms with Crippen LogP contribution in [-0.4, -0.2) is 26.6 Å². The average Bonchev–Trinajstić information content (AvgIpc) is 2.56. The number of hydrogen-bond acceptors (Lipinski definition) is 5. The molecule has 9 heteroatoms. The summed E-state index contributed by atoms with van der Waals surface area (Å²) in [5.41, 5.74) is 0.527. The maximum absolute atomic E-state index is 13.4. The molecule has 134 valence electrons. The predicted molar refractivity (Wildman–Crippen MR) is 85.7 cm³/mol. The van der Waals surface area contributed by atoms with Crippen molar-refractivity contribution in [3.05, 3.63) is 53.6 Å². The summed E-state index contributed by atoms with van der Waals surface area (Å²) in [6.45, 7) is 1.58. The number of esters is 1. The smallest absolute Gasteiger partial charge is 0.312 e. The number of hydrogen-bond donors (Lipinski definition) is 2. The van der Waals surface area contributed by atoms with Crippen LogP contribution in [0.2, 0.25) is 0 Å². The molecule has 1 unspecified atom stereocenters. The van der Waals surface area contributed by atoms with Gasteiger partial charge in [-0.3, -0.25) is 9.52 Å². The number of halogens is 2. The first-order chi connectivity index (χ1) is 11.7. The van der Waals surface area contributed by atoms with Gasteiger partial charge in [0.25, 0.3) is 10.0 Å². The fourth-order valence-corrected chi connectivity index (χ4v) is 3.31. The van der Waals surface area contributed by atoms with Crippen molar-refractivity contribution in [2.75, 3.05) is 11.8 Å². The second kappa shape index (κ2) is 7.06. The van der Waals surface area contributed by atoms with Crippen molar-refractivity contribution in [2.45, 2.75) is 17.7 Å². The van der Waals surface area contributed by atoms with E-state index in [9.17, 15) is 27.1 Å². The number of aromatic hydroxyl groups is 1. The summed E-state index contributed by atoms with van der Waals surface area (Å²) in [5, 5.41) is 9.56. The maximum atomic E-state index is 13.4. The molecule has 0 radical (unpaired) electrons. The molecule has 0 amide bonds. The van der Waals surface area contributed by atoms with Crippen molar-refractivity contribution in [1.29, 1.82) is 0 Å². The molecule has 0 aliphatic carbocycles. The fraction of sp³-hybridized carbons (Fsp3) is 0.188. The number of methoxy groups -OCH3 is 1. The number of phenolic OH excluding ortho intramolecular Hbond substituents is 1. The van der Waals surface area contributed by atoms with Gasteiger partial charge < -0.3 is 9.84 Å². The molecule has 1 atom stereocenters. The topological polar surface area (TPSA) is 92.7 Å². The standard InChI is InChI=1S/C16H15F2NO5S/c1-9(16(21)24-2)10-4-3-5-12(6-10)19-25(22,23)14-8-11(17)7-13(18)15(14)20/h3-9,19-20H,1-2H3. The highest BCUT2D eigenvalue weighted by Gasteiger charge is 2.23. The number of nitrogens with one attached hydrogen (secondary N) is 1. The van der Waals surface area contributed by atoms with E-state index >= 15 is 0 Å². The first-order valence-corrected chi connectivity index (χ1v) is 8.52. The van der Waals surface area contributed by atoms with Crippen LogP contribution in [0.5, 0.6) is 5.75 Å². The average molecular weight is 371 g/mol. The van der Waals surface area contributed by atoms with E-state index in [1.165, 1.54) is 25.3 Å². The van der Waals surface area contributed by atoms with Gasteiger partial charge in [0.05, 0.1) is 13.0 Å². The van der Waals surface area contributed by atoms with Crippen molar-refractivity contribution < 1.29 is 31.8 Å².